The molecule has 720 valence electrons. The van der Waals surface area contributed by atoms with Crippen LogP contribution in [0.2, 0.25) is 0 Å². The van der Waals surface area contributed by atoms with Crippen LogP contribution in [0.1, 0.15) is 196 Å². The predicted molar refractivity (Wildman–Crippen MR) is 589 cm³/mol. The van der Waals surface area contributed by atoms with E-state index in [-0.39, 0.29) is 22.9 Å². The molecule has 10 aliphatic heterocycles. The number of allylic oxidation sites excluding steroid dienone is 10. The first-order valence-corrected chi connectivity index (χ1v) is 54.2. The number of esters is 2. The number of rotatable bonds is 16. The monoisotopic (exact) mass is 2030 g/mol. The lowest BCUT2D eigenvalue weighted by atomic mass is 9.91. The minimum atomic E-state index is -0.604. The normalized spacial score (nSPS) is 19.1. The number of carbonyl (C=O) groups excluding carboxylic acids is 6. The number of para-hydroxylation sites is 6. The van der Waals surface area contributed by atoms with Crippen molar-refractivity contribution >= 4 is 176 Å². The molecule has 0 atom stereocenters. The Morgan fingerprint density at radius 1 is 0.319 bits per heavy atom. The molecule has 0 aliphatic carbocycles. The second kappa shape index (κ2) is 49.1. The maximum absolute atomic E-state index is 12.9. The SMILES string of the molecule is CC1=C(C)N(c2c(C(C)C)cccc2C(C)C)/C(=C2\SC(C)=C(C)N2c2c(C(C)C)cccc2C(C)C)S1.CC1=CS/C(=C2/SC=C(C)N2Cc2ccccc2)N1Cc1ccccc1.CCN1C(C)=CS/C1=C1/SC=C(C)N1CC.CN1/C(=C2\Sc3ccccc3N2C)Sc2ccccc21.COC(=O)C1=C(C(=O)OC)N(c2ccccc2)/C(=C2\SC(C)=C(C)N2c2ccccc2)S1.O=C=O.O=C=O. The smallest absolute Gasteiger partial charge is 0.373 e. The summed E-state index contributed by atoms with van der Waals surface area (Å²) in [4.78, 5) is 88.2. The summed E-state index contributed by atoms with van der Waals surface area (Å²) in [6.45, 7) is 49.0. The fraction of sp³-hybridized carbons (Fsp3) is 0.291. The summed E-state index contributed by atoms with van der Waals surface area (Å²) in [5.41, 5.74) is 24.7. The summed E-state index contributed by atoms with van der Waals surface area (Å²) in [6.07, 6.45) is 0.500. The summed E-state index contributed by atoms with van der Waals surface area (Å²) in [5, 5.41) is 21.4. The Bertz CT molecular complexity index is 6030. The topological polar surface area (TPSA) is 153 Å². The summed E-state index contributed by atoms with van der Waals surface area (Å²) < 4.78 is 10.1. The van der Waals surface area contributed by atoms with Gasteiger partial charge in [-0.05, 0) is 210 Å². The average molecular weight is 2030 g/mol. The van der Waals surface area contributed by atoms with Crippen molar-refractivity contribution in [1.82, 2.24) is 19.6 Å². The molecule has 0 aromatic heterocycles. The Balaban J connectivity index is 0.000000156. The summed E-state index contributed by atoms with van der Waals surface area (Å²) in [7, 11) is 6.91. The van der Waals surface area contributed by atoms with Crippen molar-refractivity contribution in [2.75, 3.05) is 70.8 Å². The van der Waals surface area contributed by atoms with Crippen LogP contribution in [0.3, 0.4) is 0 Å². The van der Waals surface area contributed by atoms with E-state index in [4.69, 9.17) is 28.7 Å². The first kappa shape index (κ1) is 106. The van der Waals surface area contributed by atoms with E-state index < -0.39 is 11.9 Å². The highest BCUT2D eigenvalue weighted by molar-refractivity contribution is 8.12. The third-order valence-corrected chi connectivity index (χ3v) is 36.2. The molecule has 0 saturated heterocycles. The second-order valence-electron chi connectivity index (χ2n) is 34.3. The average Bonchev–Trinajstić information content (AvgIpc) is 1.57. The molecule has 10 heterocycles. The number of methoxy groups -OCH3 is 2. The molecule has 0 bridgehead atoms. The van der Waals surface area contributed by atoms with Gasteiger partial charge in [-0.2, -0.15) is 19.2 Å². The first-order chi connectivity index (χ1) is 66.3. The van der Waals surface area contributed by atoms with Crippen molar-refractivity contribution < 1.29 is 38.2 Å². The van der Waals surface area contributed by atoms with Gasteiger partial charge in [-0.1, -0.05) is 331 Å². The number of hydrogen-bond acceptors (Lipinski definition) is 28. The van der Waals surface area contributed by atoms with E-state index in [1.807, 2.05) is 155 Å². The van der Waals surface area contributed by atoms with Crippen LogP contribution in [0.4, 0.5) is 34.1 Å². The van der Waals surface area contributed by atoms with Crippen molar-refractivity contribution in [3.05, 3.63) is 377 Å². The zero-order valence-electron chi connectivity index (χ0n) is 82.9. The van der Waals surface area contributed by atoms with Crippen LogP contribution in [-0.4, -0.2) is 85.2 Å². The molecule has 0 saturated carbocycles. The lowest BCUT2D eigenvalue weighted by Gasteiger charge is -2.34. The fourth-order valence-electron chi connectivity index (χ4n) is 16.6. The predicted octanol–water partition coefficient (Wildman–Crippen LogP) is 30.8. The number of thioether (sulfide) groups is 10. The Kier molecular flexibility index (Phi) is 37.9. The van der Waals surface area contributed by atoms with Crippen molar-refractivity contribution in [1.29, 1.82) is 0 Å². The maximum atomic E-state index is 12.9. The van der Waals surface area contributed by atoms with E-state index in [0.29, 0.717) is 23.7 Å². The largest absolute Gasteiger partial charge is 0.465 e. The molecule has 0 amide bonds. The van der Waals surface area contributed by atoms with Gasteiger partial charge in [0.2, 0.25) is 0 Å². The van der Waals surface area contributed by atoms with Crippen LogP contribution < -0.4 is 29.4 Å². The van der Waals surface area contributed by atoms with Gasteiger partial charge in [0.05, 0.1) is 37.0 Å². The van der Waals surface area contributed by atoms with E-state index in [2.05, 4.69) is 364 Å². The molecule has 138 heavy (non-hydrogen) atoms. The molecule has 0 fully saturated rings. The van der Waals surface area contributed by atoms with Crippen molar-refractivity contribution in [3.63, 3.8) is 0 Å². The van der Waals surface area contributed by atoms with Crippen molar-refractivity contribution in [2.45, 2.75) is 185 Å². The quantitative estimate of drug-likeness (QED) is 0.0842. The highest BCUT2D eigenvalue weighted by atomic mass is 32.2. The molecule has 18 rings (SSSR count). The number of hydrogen-bond donors (Lipinski definition) is 0. The number of anilines is 6. The van der Waals surface area contributed by atoms with Crippen LogP contribution >= 0.6 is 118 Å². The zero-order valence-corrected chi connectivity index (χ0v) is 91.1. The van der Waals surface area contributed by atoms with Gasteiger partial charge in [-0.25, -0.2) is 9.59 Å². The summed E-state index contributed by atoms with van der Waals surface area (Å²) in [6, 6.07) is 71.9. The van der Waals surface area contributed by atoms with Crippen molar-refractivity contribution in [2.24, 2.45) is 0 Å². The third-order valence-electron chi connectivity index (χ3n) is 24.1. The van der Waals surface area contributed by atoms with Gasteiger partial charge in [-0.3, -0.25) is 4.90 Å². The van der Waals surface area contributed by atoms with Crippen LogP contribution in [0.25, 0.3) is 0 Å². The van der Waals surface area contributed by atoms with Gasteiger partial charge in [0.25, 0.3) is 0 Å². The second-order valence-corrected chi connectivity index (χ2v) is 44.4. The number of fused-ring (bicyclic) bond motifs is 2. The van der Waals surface area contributed by atoms with E-state index in [1.165, 1.54) is 176 Å². The number of nitrogens with zero attached hydrogens (tertiary/aromatic N) is 10. The lowest BCUT2D eigenvalue weighted by molar-refractivity contribution is -0.193. The van der Waals surface area contributed by atoms with Gasteiger partial charge in [0.1, 0.15) is 55.2 Å². The Hall–Kier alpha value is -10.4. The molecular weight excluding hydrogens is 1910 g/mol. The van der Waals surface area contributed by atoms with E-state index in [9.17, 15) is 9.59 Å². The number of carbonyl (C=O) groups is 2. The Morgan fingerprint density at radius 3 is 0.920 bits per heavy atom. The first-order valence-electron chi connectivity index (χ1n) is 45.8. The zero-order chi connectivity index (χ0) is 99.6. The molecule has 8 aromatic carbocycles. The lowest BCUT2D eigenvalue weighted by Crippen LogP contribution is -2.27. The van der Waals surface area contributed by atoms with E-state index in [1.54, 1.807) is 16.7 Å². The highest BCUT2D eigenvalue weighted by Crippen LogP contribution is 2.60. The minimum Gasteiger partial charge on any atom is -0.465 e. The highest BCUT2D eigenvalue weighted by Gasteiger charge is 2.45. The Morgan fingerprint density at radius 2 is 0.601 bits per heavy atom. The van der Waals surface area contributed by atoms with Gasteiger partial charge in [0.15, 0.2) is 5.70 Å². The minimum absolute atomic E-state index is 0.147. The van der Waals surface area contributed by atoms with E-state index >= 15 is 0 Å². The molecule has 8 aromatic rings. The molecule has 0 spiro atoms. The fourth-order valence-corrected chi connectivity index (χ4v) is 28.4. The van der Waals surface area contributed by atoms with Gasteiger partial charge < -0.3 is 53.6 Å². The van der Waals surface area contributed by atoms with E-state index in [0.717, 1.165) is 58.2 Å². The number of benzene rings is 8. The molecule has 18 nitrogen and oxygen atoms in total. The van der Waals surface area contributed by atoms with Crippen LogP contribution in [0, 0.1) is 0 Å². The van der Waals surface area contributed by atoms with Gasteiger partial charge >= 0.3 is 24.2 Å². The number of ether oxygens (including phenoxy) is 2. The standard InChI is InChI=1S/C34H46N2S2.C24H22N2O4S2.C22H22N2S2.C16H14N2S2.C12H18N2S2.2CO2/c1-19(2)27-15-13-16-28(20(3)4)31(27)35-23(9)25(11)37-33(35)34-36(24(10)26(12)38-34)32-29(21(5)6)17-14-18-30(32)22(7)8;1-15-16(2)31-21(25(15)17-11-7-5-8-12-17)22-26(18-13-9-6-10-14-18)19(23(27)29-3)20(32-22)24(28)30-4;1-17-15-25-21(23(17)13-19-9-5-3-6-10-19)22-24(18(2)16-26-22)14-20-11-7-4-8-12-20;1-17-11-7-3-5-9-13(11)19-15(17)16-18(2)12-8-4-6-10-14(12)20-16;1-5-13-9(3)7-15-11(13)12-14(6-2)10(4)8-16-12;2*2-1-3/h13-22H,1-12H3;5-14H,1-4H3;3-12,15-16H,13-14H2,1-2H3;3-10H,1-2H3;7-8H,5-6H2,1-4H3;;/b34-33+;2*22-21+;16-15+;12-11+;;. The molecular formula is C110H122N10O8S10. The summed E-state index contributed by atoms with van der Waals surface area (Å²) in [5.74, 6) is 0.581. The molecule has 28 heteroatoms. The molecule has 0 unspecified atom stereocenters. The van der Waals surface area contributed by atoms with Crippen LogP contribution in [0.15, 0.2) is 353 Å². The van der Waals surface area contributed by atoms with Crippen LogP contribution in [-0.2, 0) is 51.3 Å². The van der Waals surface area contributed by atoms with Crippen LogP contribution in [0.5, 0.6) is 0 Å². The van der Waals surface area contributed by atoms with Gasteiger partial charge in [-0.15, -0.1) is 0 Å². The molecule has 0 N–H and O–H groups in total. The molecule has 0 radical (unpaired) electrons. The Labute approximate surface area is 858 Å². The third kappa shape index (κ3) is 23.6. The molecule has 10 aliphatic rings. The van der Waals surface area contributed by atoms with Gasteiger partial charge in [0, 0.05) is 116 Å². The summed E-state index contributed by atoms with van der Waals surface area (Å²) >= 11 is 17.8. The maximum Gasteiger partial charge on any atom is 0.373 e. The van der Waals surface area contributed by atoms with Crippen molar-refractivity contribution in [3.8, 4) is 0 Å².